The molecule has 0 unspecified atom stereocenters. The molecular weight excluding hydrogens is 290 g/mol. The van der Waals surface area contributed by atoms with Gasteiger partial charge in [0.25, 0.3) is 0 Å². The average Bonchev–Trinajstić information content (AvgIpc) is 3.07. The van der Waals surface area contributed by atoms with E-state index in [2.05, 4.69) is 82.9 Å². The SMILES string of the molecule is CC(C)=C(c1ccc[nH]1)c1cc(C)c2cc(C(C)C)ccc(C)c1-2. The minimum Gasteiger partial charge on any atom is -0.361 e. The van der Waals surface area contributed by atoms with Crippen LogP contribution in [0.2, 0.25) is 0 Å². The molecule has 0 fully saturated rings. The van der Waals surface area contributed by atoms with Gasteiger partial charge in [-0.2, -0.15) is 0 Å². The van der Waals surface area contributed by atoms with Gasteiger partial charge in [0.2, 0.25) is 0 Å². The monoisotopic (exact) mass is 317 g/mol. The van der Waals surface area contributed by atoms with E-state index in [9.17, 15) is 0 Å². The summed E-state index contributed by atoms with van der Waals surface area (Å²) in [6.45, 7) is 13.4. The molecule has 3 rings (SSSR count). The van der Waals surface area contributed by atoms with Crippen molar-refractivity contribution >= 4 is 5.57 Å². The Labute approximate surface area is 145 Å². The van der Waals surface area contributed by atoms with E-state index in [0.29, 0.717) is 5.92 Å². The van der Waals surface area contributed by atoms with Gasteiger partial charge in [-0.1, -0.05) is 43.7 Å². The maximum Gasteiger partial charge on any atom is 0.0459 e. The van der Waals surface area contributed by atoms with Crippen LogP contribution in [0, 0.1) is 13.8 Å². The van der Waals surface area contributed by atoms with Gasteiger partial charge in [-0.3, -0.25) is 0 Å². The van der Waals surface area contributed by atoms with Crippen molar-refractivity contribution in [1.29, 1.82) is 0 Å². The molecule has 0 bridgehead atoms. The first kappa shape index (κ1) is 16.6. The third-order valence-electron chi connectivity index (χ3n) is 4.86. The normalized spacial score (nSPS) is 11.3. The highest BCUT2D eigenvalue weighted by atomic mass is 14.7. The summed E-state index contributed by atoms with van der Waals surface area (Å²) in [5, 5.41) is 0. The van der Waals surface area contributed by atoms with E-state index in [1.165, 1.54) is 50.2 Å². The Kier molecular flexibility index (Phi) is 4.36. The van der Waals surface area contributed by atoms with Crippen molar-refractivity contribution in [3.05, 3.63) is 76.1 Å². The number of aryl methyl sites for hydroxylation is 2. The van der Waals surface area contributed by atoms with Crippen molar-refractivity contribution < 1.29 is 0 Å². The summed E-state index contributed by atoms with van der Waals surface area (Å²) in [6.07, 6.45) is 2.00. The number of H-pyrrole nitrogens is 1. The third kappa shape index (κ3) is 2.80. The molecule has 0 saturated heterocycles. The maximum absolute atomic E-state index is 3.39. The number of rotatable bonds is 3. The molecule has 1 aromatic rings. The highest BCUT2D eigenvalue weighted by Gasteiger charge is 2.20. The van der Waals surface area contributed by atoms with Crippen LogP contribution < -0.4 is 0 Å². The summed E-state index contributed by atoms with van der Waals surface area (Å²) in [6, 6.07) is 13.5. The molecule has 0 aromatic carbocycles. The van der Waals surface area contributed by atoms with E-state index in [1.54, 1.807) is 0 Å². The van der Waals surface area contributed by atoms with E-state index in [0.717, 1.165) is 0 Å². The average molecular weight is 317 g/mol. The van der Waals surface area contributed by atoms with Crippen LogP contribution in [0.25, 0.3) is 16.7 Å². The first-order valence-corrected chi connectivity index (χ1v) is 8.75. The van der Waals surface area contributed by atoms with Gasteiger partial charge in [0.05, 0.1) is 0 Å². The van der Waals surface area contributed by atoms with Gasteiger partial charge in [-0.05, 0) is 79.1 Å². The van der Waals surface area contributed by atoms with Gasteiger partial charge in [0.15, 0.2) is 0 Å². The summed E-state index contributed by atoms with van der Waals surface area (Å²) in [7, 11) is 0. The van der Waals surface area contributed by atoms with Crippen LogP contribution in [0.3, 0.4) is 0 Å². The lowest BCUT2D eigenvalue weighted by molar-refractivity contribution is 0.868. The Hall–Kier alpha value is -2.28. The van der Waals surface area contributed by atoms with Crippen LogP contribution in [0.4, 0.5) is 0 Å². The van der Waals surface area contributed by atoms with E-state index >= 15 is 0 Å². The molecule has 1 heterocycles. The smallest absolute Gasteiger partial charge is 0.0459 e. The number of fused-ring (bicyclic) bond motifs is 1. The van der Waals surface area contributed by atoms with E-state index in [1.807, 2.05) is 6.20 Å². The summed E-state index contributed by atoms with van der Waals surface area (Å²) in [5.41, 5.74) is 12.0. The van der Waals surface area contributed by atoms with Gasteiger partial charge < -0.3 is 4.98 Å². The molecule has 1 nitrogen and oxygen atoms in total. The lowest BCUT2D eigenvalue weighted by atomic mass is 9.94. The first-order valence-electron chi connectivity index (χ1n) is 8.75. The zero-order valence-electron chi connectivity index (χ0n) is 15.6. The van der Waals surface area contributed by atoms with Gasteiger partial charge in [0.1, 0.15) is 0 Å². The lowest BCUT2D eigenvalue weighted by Gasteiger charge is -2.11. The Morgan fingerprint density at radius 2 is 1.71 bits per heavy atom. The fraction of sp³-hybridized carbons (Fsp3) is 0.304. The van der Waals surface area contributed by atoms with Crippen LogP contribution in [-0.2, 0) is 0 Å². The zero-order valence-corrected chi connectivity index (χ0v) is 15.6. The summed E-state index contributed by atoms with van der Waals surface area (Å²) in [5.74, 6) is 0.532. The second-order valence-electron chi connectivity index (χ2n) is 7.30. The predicted octanol–water partition coefficient (Wildman–Crippen LogP) is 6.70. The number of allylic oxidation sites excluding steroid dienone is 1. The van der Waals surface area contributed by atoms with Gasteiger partial charge in [0, 0.05) is 17.5 Å². The fourth-order valence-corrected chi connectivity index (χ4v) is 3.56. The highest BCUT2D eigenvalue weighted by Crippen LogP contribution is 2.41. The van der Waals surface area contributed by atoms with Crippen LogP contribution in [0.5, 0.6) is 0 Å². The molecule has 124 valence electrons. The first-order chi connectivity index (χ1) is 11.4. The maximum atomic E-state index is 3.39. The van der Waals surface area contributed by atoms with E-state index in [-0.39, 0.29) is 0 Å². The summed E-state index contributed by atoms with van der Waals surface area (Å²) >= 11 is 0. The molecule has 1 heteroatoms. The van der Waals surface area contributed by atoms with Crippen molar-refractivity contribution in [1.82, 2.24) is 4.98 Å². The summed E-state index contributed by atoms with van der Waals surface area (Å²) in [4.78, 5) is 3.39. The standard InChI is InChI=1S/C23H27N/c1-14(2)18-10-9-16(5)23-19(13-18)17(6)12-20(23)22(15(3)4)21-8-7-11-24-21/h7-14,24H,1-6H3. The van der Waals surface area contributed by atoms with Crippen LogP contribution in [-0.4, -0.2) is 4.98 Å². The molecule has 0 amide bonds. The molecule has 0 atom stereocenters. The molecule has 0 saturated carbocycles. The fourth-order valence-electron chi connectivity index (χ4n) is 3.56. The lowest BCUT2D eigenvalue weighted by Crippen LogP contribution is -1.92. The topological polar surface area (TPSA) is 15.8 Å². The Morgan fingerprint density at radius 1 is 0.958 bits per heavy atom. The minimum absolute atomic E-state index is 0.532. The van der Waals surface area contributed by atoms with E-state index in [4.69, 9.17) is 0 Å². The molecule has 1 aromatic heterocycles. The van der Waals surface area contributed by atoms with Crippen LogP contribution >= 0.6 is 0 Å². The Balaban J connectivity index is 2.31. The number of hydrogen-bond acceptors (Lipinski definition) is 0. The molecule has 2 aliphatic rings. The van der Waals surface area contributed by atoms with Crippen molar-refractivity contribution in [3.63, 3.8) is 0 Å². The van der Waals surface area contributed by atoms with Crippen LogP contribution in [0.1, 0.15) is 61.6 Å². The van der Waals surface area contributed by atoms with Crippen molar-refractivity contribution in [2.24, 2.45) is 0 Å². The molecule has 24 heavy (non-hydrogen) atoms. The molecule has 1 N–H and O–H groups in total. The number of aromatic amines is 1. The predicted molar refractivity (Wildman–Crippen MR) is 105 cm³/mol. The second-order valence-corrected chi connectivity index (χ2v) is 7.30. The molecular formula is C23H27N. The number of nitrogens with one attached hydrogen (secondary N) is 1. The largest absolute Gasteiger partial charge is 0.361 e. The number of hydrogen-bond donors (Lipinski definition) is 1. The molecule has 0 aliphatic heterocycles. The van der Waals surface area contributed by atoms with Gasteiger partial charge in [-0.15, -0.1) is 0 Å². The van der Waals surface area contributed by atoms with Crippen molar-refractivity contribution in [2.75, 3.05) is 0 Å². The highest BCUT2D eigenvalue weighted by molar-refractivity contribution is 5.93. The molecule has 2 aliphatic carbocycles. The Bertz CT molecular complexity index is 859. The summed E-state index contributed by atoms with van der Waals surface area (Å²) < 4.78 is 0. The van der Waals surface area contributed by atoms with Gasteiger partial charge >= 0.3 is 0 Å². The zero-order chi connectivity index (χ0) is 17.4. The Morgan fingerprint density at radius 3 is 2.29 bits per heavy atom. The molecule has 0 spiro atoms. The van der Waals surface area contributed by atoms with Crippen molar-refractivity contribution in [3.8, 4) is 11.1 Å². The quantitative estimate of drug-likeness (QED) is 0.553. The molecule has 0 radical (unpaired) electrons. The van der Waals surface area contributed by atoms with Crippen LogP contribution in [0.15, 0.2) is 48.2 Å². The van der Waals surface area contributed by atoms with Crippen molar-refractivity contribution in [2.45, 2.75) is 47.5 Å². The third-order valence-corrected chi connectivity index (χ3v) is 4.86. The minimum atomic E-state index is 0.532. The van der Waals surface area contributed by atoms with Gasteiger partial charge in [-0.25, -0.2) is 0 Å². The number of aromatic nitrogens is 1. The van der Waals surface area contributed by atoms with E-state index < -0.39 is 0 Å². The second kappa shape index (κ2) is 6.32.